The van der Waals surface area contributed by atoms with Gasteiger partial charge in [-0.15, -0.1) is 0 Å². The zero-order valence-corrected chi connectivity index (χ0v) is 12.5. The summed E-state index contributed by atoms with van der Waals surface area (Å²) in [6, 6.07) is 5.73. The summed E-state index contributed by atoms with van der Waals surface area (Å²) in [4.78, 5) is 29.8. The highest BCUT2D eigenvalue weighted by Gasteiger charge is 2.45. The highest BCUT2D eigenvalue weighted by molar-refractivity contribution is 8.16. The lowest BCUT2D eigenvalue weighted by atomic mass is 10.1. The third kappa shape index (κ3) is 2.81. The first-order valence-corrected chi connectivity index (χ1v) is 7.13. The Hall–Kier alpha value is -1.36. The zero-order valence-electron chi connectivity index (χ0n) is 11.6. The third-order valence-corrected chi connectivity index (χ3v) is 4.14. The van der Waals surface area contributed by atoms with Crippen molar-refractivity contribution in [1.29, 1.82) is 0 Å². The first-order valence-electron chi connectivity index (χ1n) is 6.32. The molecule has 1 saturated heterocycles. The molecule has 1 aliphatic heterocycles. The lowest BCUT2D eigenvalue weighted by molar-refractivity contribution is -0.129. The van der Waals surface area contributed by atoms with Gasteiger partial charge in [0.1, 0.15) is 0 Å². The lowest BCUT2D eigenvalue weighted by Gasteiger charge is -2.16. The number of rotatable bonds is 3. The molecule has 0 unspecified atom stereocenters. The van der Waals surface area contributed by atoms with Crippen molar-refractivity contribution < 1.29 is 9.59 Å². The third-order valence-electron chi connectivity index (χ3n) is 3.06. The van der Waals surface area contributed by atoms with E-state index in [4.69, 9.17) is 0 Å². The Morgan fingerprint density at radius 3 is 2.53 bits per heavy atom. The van der Waals surface area contributed by atoms with Crippen LogP contribution in [0.3, 0.4) is 0 Å². The summed E-state index contributed by atoms with van der Waals surface area (Å²) in [6.45, 7) is 7.94. The molecule has 0 aliphatic carbocycles. The van der Waals surface area contributed by atoms with Gasteiger partial charge in [-0.3, -0.25) is 19.5 Å². The fraction of sp³-hybridized carbons (Fsp3) is 0.500. The van der Waals surface area contributed by atoms with Gasteiger partial charge < -0.3 is 0 Å². The van der Waals surface area contributed by atoms with Gasteiger partial charge in [0.05, 0.1) is 17.0 Å². The highest BCUT2D eigenvalue weighted by atomic mass is 32.2. The van der Waals surface area contributed by atoms with Crippen LogP contribution in [0.2, 0.25) is 0 Å². The SMILES string of the molecule is CC(C)c1cccc(CN2C(=O)SC(C)(C)C2=O)n1. The largest absolute Gasteiger partial charge is 0.289 e. The first-order chi connectivity index (χ1) is 8.81. The lowest BCUT2D eigenvalue weighted by Crippen LogP contribution is -2.35. The maximum atomic E-state index is 12.1. The fourth-order valence-electron chi connectivity index (χ4n) is 1.93. The molecule has 1 aromatic heterocycles. The molecule has 5 heteroatoms. The molecule has 19 heavy (non-hydrogen) atoms. The molecule has 102 valence electrons. The smallest absolute Gasteiger partial charge is 0.273 e. The van der Waals surface area contributed by atoms with Gasteiger partial charge in [-0.25, -0.2) is 0 Å². The average molecular weight is 278 g/mol. The summed E-state index contributed by atoms with van der Waals surface area (Å²) in [6.07, 6.45) is 0. The molecule has 4 nitrogen and oxygen atoms in total. The number of nitrogens with zero attached hydrogens (tertiary/aromatic N) is 2. The number of hydrogen-bond acceptors (Lipinski definition) is 4. The van der Waals surface area contributed by atoms with Gasteiger partial charge in [-0.2, -0.15) is 0 Å². The van der Waals surface area contributed by atoms with E-state index in [-0.39, 0.29) is 17.7 Å². The van der Waals surface area contributed by atoms with Gasteiger partial charge in [0.25, 0.3) is 5.24 Å². The van der Waals surface area contributed by atoms with Crippen molar-refractivity contribution in [2.24, 2.45) is 0 Å². The number of thioether (sulfide) groups is 1. The number of carbonyl (C=O) groups excluding carboxylic acids is 2. The van der Waals surface area contributed by atoms with E-state index in [0.29, 0.717) is 5.92 Å². The van der Waals surface area contributed by atoms with Crippen LogP contribution >= 0.6 is 11.8 Å². The standard InChI is InChI=1S/C14H18N2O2S/c1-9(2)11-7-5-6-10(15-11)8-16-12(17)14(3,4)19-13(16)18/h5-7,9H,8H2,1-4H3. The molecule has 0 aromatic carbocycles. The minimum Gasteiger partial charge on any atom is -0.273 e. The van der Waals surface area contributed by atoms with Gasteiger partial charge in [-0.05, 0) is 43.7 Å². The monoisotopic (exact) mass is 278 g/mol. The van der Waals surface area contributed by atoms with Crippen LogP contribution in [-0.2, 0) is 11.3 Å². The van der Waals surface area contributed by atoms with Crippen LogP contribution in [0.1, 0.15) is 45.0 Å². The van der Waals surface area contributed by atoms with Gasteiger partial charge in [-0.1, -0.05) is 19.9 Å². The summed E-state index contributed by atoms with van der Waals surface area (Å²) in [5, 5.41) is -0.188. The van der Waals surface area contributed by atoms with Crippen LogP contribution in [0.25, 0.3) is 0 Å². The maximum absolute atomic E-state index is 12.1. The Bertz CT molecular complexity index is 526. The van der Waals surface area contributed by atoms with E-state index in [0.717, 1.165) is 23.1 Å². The van der Waals surface area contributed by atoms with E-state index in [1.54, 1.807) is 13.8 Å². The van der Waals surface area contributed by atoms with Crippen LogP contribution in [0.5, 0.6) is 0 Å². The molecule has 2 amide bonds. The van der Waals surface area contributed by atoms with E-state index in [1.807, 2.05) is 18.2 Å². The average Bonchev–Trinajstić information content (AvgIpc) is 2.52. The number of amides is 2. The zero-order chi connectivity index (χ0) is 14.2. The molecule has 0 N–H and O–H groups in total. The van der Waals surface area contributed by atoms with Crippen molar-refractivity contribution in [3.8, 4) is 0 Å². The minimum atomic E-state index is -0.660. The van der Waals surface area contributed by atoms with Crippen LogP contribution in [0.4, 0.5) is 4.79 Å². The molecule has 0 saturated carbocycles. The molecule has 1 aromatic rings. The van der Waals surface area contributed by atoms with E-state index < -0.39 is 4.75 Å². The normalized spacial score (nSPS) is 18.5. The molecule has 0 atom stereocenters. The summed E-state index contributed by atoms with van der Waals surface area (Å²) in [5.41, 5.74) is 1.73. The fourth-order valence-corrected chi connectivity index (χ4v) is 2.82. The predicted molar refractivity (Wildman–Crippen MR) is 75.9 cm³/mol. The second kappa shape index (κ2) is 4.96. The van der Waals surface area contributed by atoms with Crippen molar-refractivity contribution >= 4 is 22.9 Å². The van der Waals surface area contributed by atoms with Crippen molar-refractivity contribution in [3.05, 3.63) is 29.6 Å². The van der Waals surface area contributed by atoms with E-state index in [2.05, 4.69) is 18.8 Å². The molecule has 0 radical (unpaired) electrons. The quantitative estimate of drug-likeness (QED) is 0.852. The van der Waals surface area contributed by atoms with Crippen molar-refractivity contribution in [2.45, 2.75) is 44.9 Å². The van der Waals surface area contributed by atoms with Crippen LogP contribution in [0, 0.1) is 0 Å². The molecular weight excluding hydrogens is 260 g/mol. The van der Waals surface area contributed by atoms with Crippen LogP contribution < -0.4 is 0 Å². The van der Waals surface area contributed by atoms with Crippen LogP contribution in [-0.4, -0.2) is 25.8 Å². The molecule has 1 fully saturated rings. The first kappa shape index (κ1) is 14.1. The maximum Gasteiger partial charge on any atom is 0.289 e. The molecule has 0 bridgehead atoms. The highest BCUT2D eigenvalue weighted by Crippen LogP contribution is 2.37. The summed E-state index contributed by atoms with van der Waals surface area (Å²) >= 11 is 1.08. The van der Waals surface area contributed by atoms with E-state index in [1.165, 1.54) is 4.90 Å². The Labute approximate surface area is 117 Å². The molecule has 2 rings (SSSR count). The number of pyridine rings is 1. The Morgan fingerprint density at radius 2 is 2.00 bits per heavy atom. The number of hydrogen-bond donors (Lipinski definition) is 0. The van der Waals surface area contributed by atoms with Crippen molar-refractivity contribution in [1.82, 2.24) is 9.88 Å². The second-order valence-corrected chi connectivity index (χ2v) is 7.05. The van der Waals surface area contributed by atoms with Crippen molar-refractivity contribution in [2.75, 3.05) is 0 Å². The minimum absolute atomic E-state index is 0.140. The molecule has 0 spiro atoms. The van der Waals surface area contributed by atoms with E-state index in [9.17, 15) is 9.59 Å². The number of imide groups is 1. The Morgan fingerprint density at radius 1 is 1.32 bits per heavy atom. The Kier molecular flexibility index (Phi) is 3.67. The molecule has 2 heterocycles. The molecular formula is C14H18N2O2S. The number of carbonyl (C=O) groups is 2. The van der Waals surface area contributed by atoms with Gasteiger partial charge in [0.15, 0.2) is 0 Å². The topological polar surface area (TPSA) is 50.3 Å². The second-order valence-electron chi connectivity index (χ2n) is 5.48. The van der Waals surface area contributed by atoms with E-state index >= 15 is 0 Å². The van der Waals surface area contributed by atoms with Gasteiger partial charge in [0, 0.05) is 5.69 Å². The summed E-state index contributed by atoms with van der Waals surface area (Å²) < 4.78 is -0.660. The molecule has 1 aliphatic rings. The van der Waals surface area contributed by atoms with Gasteiger partial charge >= 0.3 is 0 Å². The van der Waals surface area contributed by atoms with Crippen LogP contribution in [0.15, 0.2) is 18.2 Å². The Balaban J connectivity index is 2.20. The predicted octanol–water partition coefficient (Wildman–Crippen LogP) is 3.18. The van der Waals surface area contributed by atoms with Crippen molar-refractivity contribution in [3.63, 3.8) is 0 Å². The summed E-state index contributed by atoms with van der Waals surface area (Å²) in [5.74, 6) is 0.190. The van der Waals surface area contributed by atoms with Gasteiger partial charge in [0.2, 0.25) is 5.91 Å². The summed E-state index contributed by atoms with van der Waals surface area (Å²) in [7, 11) is 0. The number of aromatic nitrogens is 1.